The van der Waals surface area contributed by atoms with E-state index in [-0.39, 0.29) is 17.7 Å². The highest BCUT2D eigenvalue weighted by atomic mass is 32.2. The van der Waals surface area contributed by atoms with Crippen molar-refractivity contribution in [3.05, 3.63) is 30.3 Å². The minimum absolute atomic E-state index is 0.148. The Morgan fingerprint density at radius 2 is 2.04 bits per heavy atom. The summed E-state index contributed by atoms with van der Waals surface area (Å²) in [4.78, 5) is 7.07. The predicted molar refractivity (Wildman–Crippen MR) is 108 cm³/mol. The number of para-hydroxylation sites is 1. The Balaban J connectivity index is 1.57. The number of anilines is 1. The van der Waals surface area contributed by atoms with E-state index in [1.165, 1.54) is 5.69 Å². The average Bonchev–Trinajstić information content (AvgIpc) is 3.19. The number of hydrogen-bond donors (Lipinski definition) is 2. The van der Waals surface area contributed by atoms with Gasteiger partial charge in [-0.2, -0.15) is 0 Å². The molecule has 0 aliphatic carbocycles. The molecule has 2 unspecified atom stereocenters. The van der Waals surface area contributed by atoms with Gasteiger partial charge in [-0.25, -0.2) is 8.42 Å². The van der Waals surface area contributed by atoms with Gasteiger partial charge in [0.2, 0.25) is 0 Å². The van der Waals surface area contributed by atoms with Crippen molar-refractivity contribution < 1.29 is 8.42 Å². The normalized spacial score (nSPS) is 25.7. The van der Waals surface area contributed by atoms with E-state index in [9.17, 15) is 8.42 Å². The second-order valence-corrected chi connectivity index (χ2v) is 9.90. The van der Waals surface area contributed by atoms with Crippen molar-refractivity contribution in [2.24, 2.45) is 10.9 Å². The minimum atomic E-state index is -2.84. The first-order chi connectivity index (χ1) is 12.4. The van der Waals surface area contributed by atoms with Crippen LogP contribution < -0.4 is 15.5 Å². The van der Waals surface area contributed by atoms with Gasteiger partial charge in [0.15, 0.2) is 15.8 Å². The number of aliphatic imine (C=N–C) groups is 1. The van der Waals surface area contributed by atoms with E-state index < -0.39 is 9.84 Å². The molecule has 0 spiro atoms. The average molecular weight is 379 g/mol. The Morgan fingerprint density at radius 3 is 2.69 bits per heavy atom. The summed E-state index contributed by atoms with van der Waals surface area (Å²) < 4.78 is 23.3. The summed E-state index contributed by atoms with van der Waals surface area (Å²) in [7, 11) is -2.84. The molecule has 6 nitrogen and oxygen atoms in total. The lowest BCUT2D eigenvalue weighted by Crippen LogP contribution is -2.47. The third-order valence-electron chi connectivity index (χ3n) is 4.91. The van der Waals surface area contributed by atoms with Gasteiger partial charge in [-0.3, -0.25) is 4.99 Å². The molecule has 3 rings (SSSR count). The quantitative estimate of drug-likeness (QED) is 0.602. The monoisotopic (exact) mass is 378 g/mol. The van der Waals surface area contributed by atoms with Gasteiger partial charge in [-0.15, -0.1) is 0 Å². The Kier molecular flexibility index (Phi) is 6.06. The summed E-state index contributed by atoms with van der Waals surface area (Å²) in [5, 5.41) is 6.92. The molecule has 2 heterocycles. The molecular formula is C19H30N4O2S. The fourth-order valence-electron chi connectivity index (χ4n) is 3.59. The maximum atomic E-state index is 11.6. The lowest BCUT2D eigenvalue weighted by molar-refractivity contribution is 0.581. The van der Waals surface area contributed by atoms with Crippen molar-refractivity contribution in [3.8, 4) is 0 Å². The van der Waals surface area contributed by atoms with Gasteiger partial charge in [0.05, 0.1) is 11.5 Å². The molecule has 2 saturated heterocycles. The van der Waals surface area contributed by atoms with Crippen LogP contribution in [0.3, 0.4) is 0 Å². The van der Waals surface area contributed by atoms with E-state index in [4.69, 9.17) is 0 Å². The molecule has 26 heavy (non-hydrogen) atoms. The summed E-state index contributed by atoms with van der Waals surface area (Å²) in [6, 6.07) is 11.1. The van der Waals surface area contributed by atoms with Crippen molar-refractivity contribution in [1.29, 1.82) is 0 Å². The summed E-state index contributed by atoms with van der Waals surface area (Å²) in [6.45, 7) is 6.71. The number of nitrogens with zero attached hydrogens (tertiary/aromatic N) is 2. The zero-order valence-electron chi connectivity index (χ0n) is 15.7. The molecule has 1 aromatic rings. The number of rotatable bonds is 5. The second kappa shape index (κ2) is 8.29. The van der Waals surface area contributed by atoms with E-state index in [1.54, 1.807) is 0 Å². The highest BCUT2D eigenvalue weighted by Crippen LogP contribution is 2.20. The van der Waals surface area contributed by atoms with Crippen molar-refractivity contribution in [2.75, 3.05) is 36.0 Å². The van der Waals surface area contributed by atoms with Crippen LogP contribution in [0.25, 0.3) is 0 Å². The molecule has 2 aliphatic heterocycles. The summed E-state index contributed by atoms with van der Waals surface area (Å²) in [5.74, 6) is 1.53. The van der Waals surface area contributed by atoms with Crippen molar-refractivity contribution in [1.82, 2.24) is 10.6 Å². The first-order valence-corrected chi connectivity index (χ1v) is 11.3. The summed E-state index contributed by atoms with van der Waals surface area (Å²) >= 11 is 0. The number of sulfone groups is 1. The third kappa shape index (κ3) is 5.37. The molecule has 0 bridgehead atoms. The zero-order valence-corrected chi connectivity index (χ0v) is 16.5. The largest absolute Gasteiger partial charge is 0.369 e. The SMILES string of the molecule is CC(C)NC(=NCC1CCS(=O)(=O)C1)NC1CCN(c2ccccc2)C1. The van der Waals surface area contributed by atoms with E-state index in [2.05, 4.69) is 58.6 Å². The number of guanidine groups is 1. The van der Waals surface area contributed by atoms with Crippen LogP contribution in [0.1, 0.15) is 26.7 Å². The first kappa shape index (κ1) is 19.0. The molecule has 0 radical (unpaired) electrons. The molecule has 0 saturated carbocycles. The van der Waals surface area contributed by atoms with Gasteiger partial charge in [-0.1, -0.05) is 18.2 Å². The van der Waals surface area contributed by atoms with Crippen LogP contribution in [0.5, 0.6) is 0 Å². The van der Waals surface area contributed by atoms with Crippen LogP contribution >= 0.6 is 0 Å². The smallest absolute Gasteiger partial charge is 0.191 e. The Hall–Kier alpha value is -1.76. The summed E-state index contributed by atoms with van der Waals surface area (Å²) in [6.07, 6.45) is 1.79. The van der Waals surface area contributed by atoms with Crippen LogP contribution in [-0.2, 0) is 9.84 Å². The number of nitrogens with one attached hydrogen (secondary N) is 2. The van der Waals surface area contributed by atoms with Gasteiger partial charge >= 0.3 is 0 Å². The molecule has 7 heteroatoms. The van der Waals surface area contributed by atoms with E-state index >= 15 is 0 Å². The molecule has 2 fully saturated rings. The Bertz CT molecular complexity index is 718. The van der Waals surface area contributed by atoms with Gasteiger partial charge in [0.1, 0.15) is 0 Å². The molecule has 2 atom stereocenters. The fraction of sp³-hybridized carbons (Fsp3) is 0.632. The van der Waals surface area contributed by atoms with Gasteiger partial charge in [0, 0.05) is 37.4 Å². The highest BCUT2D eigenvalue weighted by Gasteiger charge is 2.28. The van der Waals surface area contributed by atoms with E-state index in [0.717, 1.165) is 31.9 Å². The van der Waals surface area contributed by atoms with Crippen molar-refractivity contribution >= 4 is 21.5 Å². The topological polar surface area (TPSA) is 73.8 Å². The number of benzene rings is 1. The van der Waals surface area contributed by atoms with Crippen LogP contribution in [0, 0.1) is 5.92 Å². The van der Waals surface area contributed by atoms with Crippen LogP contribution in [0.2, 0.25) is 0 Å². The second-order valence-electron chi connectivity index (χ2n) is 7.67. The molecule has 1 aromatic carbocycles. The van der Waals surface area contributed by atoms with Gasteiger partial charge < -0.3 is 15.5 Å². The molecule has 2 aliphatic rings. The molecule has 0 amide bonds. The van der Waals surface area contributed by atoms with Crippen LogP contribution in [0.4, 0.5) is 5.69 Å². The molecular weight excluding hydrogens is 348 g/mol. The fourth-order valence-corrected chi connectivity index (χ4v) is 5.44. The third-order valence-corrected chi connectivity index (χ3v) is 6.75. The Labute approximate surface area is 157 Å². The maximum Gasteiger partial charge on any atom is 0.191 e. The molecule has 0 aromatic heterocycles. The molecule has 2 N–H and O–H groups in total. The standard InChI is InChI=1S/C19H30N4O2S/c1-15(2)21-19(20-12-16-9-11-26(24,25)14-16)22-17-8-10-23(13-17)18-6-4-3-5-7-18/h3-7,15-17H,8-14H2,1-2H3,(H2,20,21,22). The van der Waals surface area contributed by atoms with E-state index in [0.29, 0.717) is 18.3 Å². The molecule has 144 valence electrons. The first-order valence-electron chi connectivity index (χ1n) is 9.49. The predicted octanol–water partition coefficient (Wildman–Crippen LogP) is 1.64. The van der Waals surface area contributed by atoms with E-state index in [1.807, 2.05) is 6.07 Å². The lowest BCUT2D eigenvalue weighted by atomic mass is 10.1. The zero-order chi connectivity index (χ0) is 18.6. The lowest BCUT2D eigenvalue weighted by Gasteiger charge is -2.22. The number of hydrogen-bond acceptors (Lipinski definition) is 4. The van der Waals surface area contributed by atoms with Gasteiger partial charge in [0.25, 0.3) is 0 Å². The van der Waals surface area contributed by atoms with Gasteiger partial charge in [-0.05, 0) is 44.7 Å². The highest BCUT2D eigenvalue weighted by molar-refractivity contribution is 7.91. The van der Waals surface area contributed by atoms with Crippen LogP contribution in [0.15, 0.2) is 35.3 Å². The maximum absolute atomic E-state index is 11.6. The summed E-state index contributed by atoms with van der Waals surface area (Å²) in [5.41, 5.74) is 1.25. The van der Waals surface area contributed by atoms with Crippen molar-refractivity contribution in [3.63, 3.8) is 0 Å². The van der Waals surface area contributed by atoms with Crippen molar-refractivity contribution in [2.45, 2.75) is 38.8 Å². The Morgan fingerprint density at radius 1 is 1.27 bits per heavy atom. The minimum Gasteiger partial charge on any atom is -0.369 e. The van der Waals surface area contributed by atoms with Crippen LogP contribution in [-0.4, -0.2) is 57.6 Å².